The predicted octanol–water partition coefficient (Wildman–Crippen LogP) is 4.66. The Hall–Kier alpha value is -2.05. The van der Waals surface area contributed by atoms with Gasteiger partial charge in [0.05, 0.1) is 4.91 Å². The van der Waals surface area contributed by atoms with Crippen LogP contribution in [0.15, 0.2) is 51.8 Å². The maximum absolute atomic E-state index is 11.7. The number of halogens is 1. The van der Waals surface area contributed by atoms with Gasteiger partial charge in [-0.25, -0.2) is 0 Å². The second-order valence-corrected chi connectivity index (χ2v) is 7.24. The van der Waals surface area contributed by atoms with Crippen LogP contribution in [-0.2, 0) is 11.4 Å². The molecular formula is C18H14BrNO3S. The number of amides is 2. The number of hydrogen-bond acceptors (Lipinski definition) is 4. The third kappa shape index (κ3) is 4.07. The van der Waals surface area contributed by atoms with Crippen LogP contribution in [0.25, 0.3) is 6.08 Å². The summed E-state index contributed by atoms with van der Waals surface area (Å²) in [4.78, 5) is 23.4. The Kier molecular flexibility index (Phi) is 5.06. The van der Waals surface area contributed by atoms with Gasteiger partial charge in [-0.2, -0.15) is 0 Å². The fourth-order valence-electron chi connectivity index (χ4n) is 2.29. The van der Waals surface area contributed by atoms with E-state index < -0.39 is 0 Å². The number of carbonyl (C=O) groups excluding carboxylic acids is 2. The zero-order valence-corrected chi connectivity index (χ0v) is 15.2. The summed E-state index contributed by atoms with van der Waals surface area (Å²) < 4.78 is 6.78. The normalized spacial score (nSPS) is 15.7. The molecule has 2 aromatic rings. The second kappa shape index (κ2) is 7.23. The monoisotopic (exact) mass is 403 g/mol. The van der Waals surface area contributed by atoms with Gasteiger partial charge < -0.3 is 4.74 Å². The molecule has 1 aliphatic heterocycles. The van der Waals surface area contributed by atoms with Gasteiger partial charge in [-0.1, -0.05) is 45.8 Å². The highest BCUT2D eigenvalue weighted by atomic mass is 79.9. The maximum atomic E-state index is 11.7. The highest BCUT2D eigenvalue weighted by Gasteiger charge is 2.25. The van der Waals surface area contributed by atoms with Gasteiger partial charge >= 0.3 is 0 Å². The fourth-order valence-corrected chi connectivity index (χ4v) is 3.34. The molecule has 0 spiro atoms. The number of rotatable bonds is 4. The Morgan fingerprint density at radius 2 is 2.04 bits per heavy atom. The molecule has 1 fully saturated rings. The number of carbonyl (C=O) groups is 2. The van der Waals surface area contributed by atoms with E-state index in [9.17, 15) is 9.59 Å². The maximum Gasteiger partial charge on any atom is 0.290 e. The number of hydrogen-bond donors (Lipinski definition) is 1. The summed E-state index contributed by atoms with van der Waals surface area (Å²) in [5, 5.41) is 1.89. The molecule has 122 valence electrons. The van der Waals surface area contributed by atoms with Crippen molar-refractivity contribution in [2.75, 3.05) is 0 Å². The van der Waals surface area contributed by atoms with Crippen molar-refractivity contribution in [1.29, 1.82) is 0 Å². The van der Waals surface area contributed by atoms with Crippen molar-refractivity contribution in [3.8, 4) is 5.75 Å². The number of nitrogens with one attached hydrogen (secondary N) is 1. The van der Waals surface area contributed by atoms with E-state index >= 15 is 0 Å². The zero-order chi connectivity index (χ0) is 17.1. The van der Waals surface area contributed by atoms with Crippen molar-refractivity contribution < 1.29 is 14.3 Å². The molecule has 1 saturated heterocycles. The van der Waals surface area contributed by atoms with Crippen LogP contribution in [0.1, 0.15) is 16.7 Å². The van der Waals surface area contributed by atoms with Crippen LogP contribution in [0.5, 0.6) is 5.75 Å². The van der Waals surface area contributed by atoms with E-state index in [1.807, 2.05) is 43.3 Å². The van der Waals surface area contributed by atoms with Crippen LogP contribution >= 0.6 is 27.7 Å². The van der Waals surface area contributed by atoms with Crippen molar-refractivity contribution in [3.05, 3.63) is 68.5 Å². The zero-order valence-electron chi connectivity index (χ0n) is 12.8. The molecule has 1 aliphatic rings. The van der Waals surface area contributed by atoms with Crippen LogP contribution in [0.4, 0.5) is 4.79 Å². The lowest BCUT2D eigenvalue weighted by molar-refractivity contribution is -0.115. The van der Waals surface area contributed by atoms with Crippen LogP contribution in [0.2, 0.25) is 0 Å². The first-order valence-electron chi connectivity index (χ1n) is 7.24. The van der Waals surface area contributed by atoms with E-state index in [0.717, 1.165) is 27.4 Å². The largest absolute Gasteiger partial charge is 0.488 e. The summed E-state index contributed by atoms with van der Waals surface area (Å²) in [5.74, 6) is 0.273. The Labute approximate surface area is 152 Å². The molecule has 0 saturated carbocycles. The van der Waals surface area contributed by atoms with Gasteiger partial charge in [0, 0.05) is 10.0 Å². The minimum Gasteiger partial charge on any atom is -0.488 e. The first-order valence-corrected chi connectivity index (χ1v) is 8.85. The van der Waals surface area contributed by atoms with Crippen molar-refractivity contribution in [1.82, 2.24) is 5.32 Å². The van der Waals surface area contributed by atoms with E-state index in [4.69, 9.17) is 4.74 Å². The molecule has 1 heterocycles. The van der Waals surface area contributed by atoms with Crippen LogP contribution in [0, 0.1) is 6.92 Å². The van der Waals surface area contributed by atoms with Gasteiger partial charge in [-0.3, -0.25) is 14.9 Å². The summed E-state index contributed by atoms with van der Waals surface area (Å²) in [6.45, 7) is 2.46. The third-order valence-corrected chi connectivity index (χ3v) is 4.68. The summed E-state index contributed by atoms with van der Waals surface area (Å²) >= 11 is 4.31. The molecule has 2 amide bonds. The molecule has 0 radical (unpaired) electrons. The summed E-state index contributed by atoms with van der Waals surface area (Å²) in [5.41, 5.74) is 2.98. The minimum atomic E-state index is -0.380. The Morgan fingerprint density at radius 3 is 2.75 bits per heavy atom. The standard InChI is InChI=1S/C18H14BrNO3S/c1-11-3-2-4-12(7-11)10-23-15-6-5-14(19)8-13(15)9-16-17(21)20-18(22)24-16/h2-9H,10H2,1H3,(H,20,21,22)/b16-9-. The summed E-state index contributed by atoms with van der Waals surface area (Å²) in [7, 11) is 0. The highest BCUT2D eigenvalue weighted by Crippen LogP contribution is 2.31. The molecule has 1 N–H and O–H groups in total. The minimum absolute atomic E-state index is 0.358. The molecule has 2 aromatic carbocycles. The lowest BCUT2D eigenvalue weighted by Gasteiger charge is -2.11. The predicted molar refractivity (Wildman–Crippen MR) is 98.8 cm³/mol. The average Bonchev–Trinajstić information content (AvgIpc) is 2.84. The lowest BCUT2D eigenvalue weighted by atomic mass is 10.1. The Balaban J connectivity index is 1.84. The highest BCUT2D eigenvalue weighted by molar-refractivity contribution is 9.10. The van der Waals surface area contributed by atoms with Gasteiger partial charge in [-0.05, 0) is 48.5 Å². The summed E-state index contributed by atoms with van der Waals surface area (Å²) in [6, 6.07) is 13.7. The molecule has 0 atom stereocenters. The molecule has 6 heteroatoms. The molecular weight excluding hydrogens is 390 g/mol. The first kappa shape index (κ1) is 16.8. The van der Waals surface area contributed by atoms with E-state index in [1.165, 1.54) is 5.56 Å². The van der Waals surface area contributed by atoms with E-state index in [0.29, 0.717) is 17.3 Å². The van der Waals surface area contributed by atoms with Crippen molar-refractivity contribution in [2.24, 2.45) is 0 Å². The first-order chi connectivity index (χ1) is 11.5. The molecule has 0 unspecified atom stereocenters. The van der Waals surface area contributed by atoms with Crippen LogP contribution in [0.3, 0.4) is 0 Å². The van der Waals surface area contributed by atoms with E-state index in [2.05, 4.69) is 27.3 Å². The number of imide groups is 1. The number of benzene rings is 2. The molecule has 24 heavy (non-hydrogen) atoms. The quantitative estimate of drug-likeness (QED) is 0.754. The molecule has 0 aliphatic carbocycles. The topological polar surface area (TPSA) is 55.4 Å². The Bertz CT molecular complexity index is 848. The lowest BCUT2D eigenvalue weighted by Crippen LogP contribution is -2.17. The van der Waals surface area contributed by atoms with Crippen molar-refractivity contribution in [2.45, 2.75) is 13.5 Å². The summed E-state index contributed by atoms with van der Waals surface area (Å²) in [6.07, 6.45) is 1.67. The molecule has 4 nitrogen and oxygen atoms in total. The van der Waals surface area contributed by atoms with Crippen LogP contribution in [-0.4, -0.2) is 11.1 Å². The van der Waals surface area contributed by atoms with Crippen LogP contribution < -0.4 is 10.1 Å². The van der Waals surface area contributed by atoms with Crippen molar-refractivity contribution >= 4 is 44.9 Å². The van der Waals surface area contributed by atoms with Gasteiger partial charge in [0.25, 0.3) is 11.1 Å². The number of aryl methyl sites for hydroxylation is 1. The molecule has 0 bridgehead atoms. The van der Waals surface area contributed by atoms with Gasteiger partial charge in [0.1, 0.15) is 12.4 Å². The smallest absolute Gasteiger partial charge is 0.290 e. The van der Waals surface area contributed by atoms with Gasteiger partial charge in [0.2, 0.25) is 0 Å². The Morgan fingerprint density at radius 1 is 1.21 bits per heavy atom. The molecule has 0 aromatic heterocycles. The van der Waals surface area contributed by atoms with Gasteiger partial charge in [0.15, 0.2) is 0 Å². The van der Waals surface area contributed by atoms with E-state index in [1.54, 1.807) is 6.08 Å². The number of ether oxygens (including phenoxy) is 1. The molecule has 3 rings (SSSR count). The fraction of sp³-hybridized carbons (Fsp3) is 0.111. The third-order valence-electron chi connectivity index (χ3n) is 3.38. The SMILES string of the molecule is Cc1cccc(COc2ccc(Br)cc2/C=C2\SC(=O)NC2=O)c1. The van der Waals surface area contributed by atoms with Crippen molar-refractivity contribution in [3.63, 3.8) is 0 Å². The van der Waals surface area contributed by atoms with Gasteiger partial charge in [-0.15, -0.1) is 0 Å². The van der Waals surface area contributed by atoms with E-state index in [-0.39, 0.29) is 11.1 Å². The average molecular weight is 404 g/mol. The second-order valence-electron chi connectivity index (χ2n) is 5.31. The number of thioether (sulfide) groups is 1.